The summed E-state index contributed by atoms with van der Waals surface area (Å²) in [4.78, 5) is 38.7. The summed E-state index contributed by atoms with van der Waals surface area (Å²) in [7, 11) is -3.52. The Hall–Kier alpha value is -3.54. The van der Waals surface area contributed by atoms with Crippen LogP contribution in [0.5, 0.6) is 0 Å². The Morgan fingerprint density at radius 2 is 1.90 bits per heavy atom. The highest BCUT2D eigenvalue weighted by Gasteiger charge is 2.26. The maximum atomic E-state index is 13.2. The molecule has 0 unspecified atom stereocenters. The van der Waals surface area contributed by atoms with E-state index in [1.165, 1.54) is 40.3 Å². The van der Waals surface area contributed by atoms with Crippen molar-refractivity contribution in [3.8, 4) is 0 Å². The lowest BCUT2D eigenvalue weighted by Gasteiger charge is -2.27. The van der Waals surface area contributed by atoms with Gasteiger partial charge in [0.1, 0.15) is 11.7 Å². The Bertz CT molecular complexity index is 1090. The van der Waals surface area contributed by atoms with Gasteiger partial charge < -0.3 is 20.3 Å². The van der Waals surface area contributed by atoms with Crippen LogP contribution in [-0.2, 0) is 29.1 Å². The fourth-order valence-electron chi connectivity index (χ4n) is 2.85. The van der Waals surface area contributed by atoms with Crippen molar-refractivity contribution < 1.29 is 31.9 Å². The van der Waals surface area contributed by atoms with Crippen molar-refractivity contribution in [2.75, 3.05) is 30.3 Å². The van der Waals surface area contributed by atoms with Crippen molar-refractivity contribution in [3.63, 3.8) is 0 Å². The molecule has 10 nitrogen and oxygen atoms in total. The van der Waals surface area contributed by atoms with E-state index >= 15 is 0 Å². The van der Waals surface area contributed by atoms with Gasteiger partial charge in [-0.25, -0.2) is 17.6 Å². The number of hydrogen-bond donors (Lipinski definition) is 1. The summed E-state index contributed by atoms with van der Waals surface area (Å²) in [5.41, 5.74) is 5.57. The average Bonchev–Trinajstić information content (AvgIpc) is 2.72. The van der Waals surface area contributed by atoms with Crippen LogP contribution in [0.15, 0.2) is 52.6 Å². The van der Waals surface area contributed by atoms with E-state index in [0.717, 1.165) is 12.1 Å². The third-order valence-corrected chi connectivity index (χ3v) is 5.57. The van der Waals surface area contributed by atoms with Gasteiger partial charge in [0.05, 0.1) is 11.3 Å². The molecule has 2 aliphatic rings. The van der Waals surface area contributed by atoms with Gasteiger partial charge in [0.25, 0.3) is 15.9 Å². The molecule has 1 aromatic carbocycles. The highest BCUT2D eigenvalue weighted by atomic mass is 32.2. The molecule has 0 saturated heterocycles. The maximum Gasteiger partial charge on any atom is 0.340 e. The summed E-state index contributed by atoms with van der Waals surface area (Å²) in [6.45, 7) is -0.565. The quantitative estimate of drug-likeness (QED) is 0.580. The molecule has 0 atom stereocenters. The van der Waals surface area contributed by atoms with Gasteiger partial charge in [-0.2, -0.15) is 0 Å². The number of sulfonamides is 1. The molecule has 0 fully saturated rings. The molecular weight excluding hydrogens is 431 g/mol. The Morgan fingerprint density at radius 1 is 1.19 bits per heavy atom. The first-order valence-corrected chi connectivity index (χ1v) is 10.8. The van der Waals surface area contributed by atoms with E-state index in [1.807, 2.05) is 0 Å². The molecule has 2 heterocycles. The van der Waals surface area contributed by atoms with Crippen LogP contribution in [0.4, 0.5) is 10.1 Å². The number of rotatable bonds is 7. The number of halogens is 1. The summed E-state index contributed by atoms with van der Waals surface area (Å²) in [5.74, 6) is -2.56. The number of carbonyl (C=O) groups excluding carboxylic acids is 3. The second-order valence-electron chi connectivity index (χ2n) is 6.66. The normalized spacial score (nSPS) is 16.6. The zero-order chi connectivity index (χ0) is 22.6. The molecule has 164 valence electrons. The zero-order valence-corrected chi connectivity index (χ0v) is 17.0. The van der Waals surface area contributed by atoms with E-state index in [-0.39, 0.29) is 36.7 Å². The van der Waals surface area contributed by atoms with E-state index < -0.39 is 40.2 Å². The third kappa shape index (κ3) is 5.75. The van der Waals surface area contributed by atoms with E-state index in [9.17, 15) is 27.2 Å². The van der Waals surface area contributed by atoms with Crippen LogP contribution in [0.3, 0.4) is 0 Å². The number of benzene rings is 1. The van der Waals surface area contributed by atoms with Crippen molar-refractivity contribution in [2.45, 2.75) is 6.42 Å². The summed E-state index contributed by atoms with van der Waals surface area (Å²) in [5, 5.41) is 0. The molecular formula is C19H19FN4O6S. The Morgan fingerprint density at radius 3 is 2.58 bits per heavy atom. The van der Waals surface area contributed by atoms with Crippen molar-refractivity contribution in [1.29, 1.82) is 0 Å². The second kappa shape index (κ2) is 9.08. The average molecular weight is 450 g/mol. The van der Waals surface area contributed by atoms with E-state index in [2.05, 4.69) is 4.40 Å². The van der Waals surface area contributed by atoms with Crippen LogP contribution in [-0.4, -0.2) is 62.4 Å². The van der Waals surface area contributed by atoms with Crippen LogP contribution in [0.25, 0.3) is 0 Å². The van der Waals surface area contributed by atoms with Gasteiger partial charge in [0.2, 0.25) is 5.91 Å². The minimum absolute atomic E-state index is 0.0674. The second-order valence-corrected chi connectivity index (χ2v) is 8.42. The summed E-state index contributed by atoms with van der Waals surface area (Å²) < 4.78 is 44.9. The molecule has 2 amide bonds. The smallest absolute Gasteiger partial charge is 0.340 e. The van der Waals surface area contributed by atoms with Gasteiger partial charge in [0, 0.05) is 31.4 Å². The van der Waals surface area contributed by atoms with Crippen LogP contribution in [0.2, 0.25) is 0 Å². The molecule has 2 aliphatic heterocycles. The molecule has 2 N–H and O–H groups in total. The third-order valence-electron chi connectivity index (χ3n) is 4.41. The van der Waals surface area contributed by atoms with Crippen LogP contribution >= 0.6 is 0 Å². The maximum absolute atomic E-state index is 13.2. The number of fused-ring (bicyclic) bond motifs is 1. The minimum atomic E-state index is -3.52. The van der Waals surface area contributed by atoms with Gasteiger partial charge >= 0.3 is 5.97 Å². The highest BCUT2D eigenvalue weighted by Crippen LogP contribution is 2.18. The fourth-order valence-corrected chi connectivity index (χ4v) is 3.82. The molecule has 0 saturated carbocycles. The molecule has 0 spiro atoms. The van der Waals surface area contributed by atoms with Crippen molar-refractivity contribution in [1.82, 2.24) is 4.90 Å². The number of amidine groups is 1. The largest absolute Gasteiger partial charge is 0.452 e. The standard InChI is InChI=1S/C19H19FN4O6S/c20-14-2-4-15(5-3-14)24(8-7-16(21)25)18(26)12-30-19(27)13-1-6-17-22-31(28,29)10-9-23(17)11-13/h1-6,11H,7-10,12H2,(H2,21,25). The molecule has 12 heteroatoms. The van der Waals surface area contributed by atoms with Gasteiger partial charge in [-0.05, 0) is 36.4 Å². The number of hydrogen-bond acceptors (Lipinski definition) is 7. The number of esters is 1. The molecule has 0 radical (unpaired) electrons. The lowest BCUT2D eigenvalue weighted by Crippen LogP contribution is -2.38. The SMILES string of the molecule is NC(=O)CCN(C(=O)COC(=O)C1=CN2CCS(=O)(=O)N=C2C=C1)c1ccc(F)cc1. The van der Waals surface area contributed by atoms with Gasteiger partial charge in [-0.1, -0.05) is 0 Å². The molecule has 0 bridgehead atoms. The predicted molar refractivity (Wildman–Crippen MR) is 109 cm³/mol. The van der Waals surface area contributed by atoms with Crippen molar-refractivity contribution in [3.05, 3.63) is 54.0 Å². The van der Waals surface area contributed by atoms with E-state index in [0.29, 0.717) is 5.69 Å². The van der Waals surface area contributed by atoms with E-state index in [4.69, 9.17) is 10.5 Å². The topological polar surface area (TPSA) is 139 Å². The number of nitrogens with two attached hydrogens (primary N) is 1. The number of ether oxygens (including phenoxy) is 1. The van der Waals surface area contributed by atoms with Gasteiger partial charge in [0.15, 0.2) is 6.61 Å². The Kier molecular flexibility index (Phi) is 6.49. The lowest BCUT2D eigenvalue weighted by molar-refractivity contribution is -0.143. The van der Waals surface area contributed by atoms with Gasteiger partial charge in [-0.3, -0.25) is 9.59 Å². The molecule has 31 heavy (non-hydrogen) atoms. The first kappa shape index (κ1) is 22.2. The number of primary amides is 1. The minimum Gasteiger partial charge on any atom is -0.452 e. The lowest BCUT2D eigenvalue weighted by atomic mass is 10.2. The first-order valence-electron chi connectivity index (χ1n) is 9.15. The number of carbonyl (C=O) groups is 3. The predicted octanol–water partition coefficient (Wildman–Crippen LogP) is 0.0749. The Balaban J connectivity index is 1.66. The van der Waals surface area contributed by atoms with Crippen LogP contribution in [0, 0.1) is 5.82 Å². The molecule has 3 rings (SSSR count). The summed E-state index contributed by atoms with van der Waals surface area (Å²) in [6, 6.07) is 5.02. The molecule has 0 aromatic heterocycles. The highest BCUT2D eigenvalue weighted by molar-refractivity contribution is 7.90. The summed E-state index contributed by atoms with van der Waals surface area (Å²) in [6.07, 6.45) is 3.97. The molecule has 1 aromatic rings. The number of nitrogens with zero attached hydrogens (tertiary/aromatic N) is 3. The van der Waals surface area contributed by atoms with Crippen LogP contribution < -0.4 is 10.6 Å². The fraction of sp³-hybridized carbons (Fsp3) is 0.263. The number of amides is 2. The Labute approximate surface area is 177 Å². The van der Waals surface area contributed by atoms with Crippen molar-refractivity contribution in [2.24, 2.45) is 10.1 Å². The monoisotopic (exact) mass is 450 g/mol. The van der Waals surface area contributed by atoms with Crippen LogP contribution in [0.1, 0.15) is 6.42 Å². The van der Waals surface area contributed by atoms with Gasteiger partial charge in [-0.15, -0.1) is 4.40 Å². The summed E-state index contributed by atoms with van der Waals surface area (Å²) >= 11 is 0. The first-order chi connectivity index (χ1) is 14.6. The molecule has 0 aliphatic carbocycles. The number of anilines is 1. The van der Waals surface area contributed by atoms with E-state index in [1.54, 1.807) is 0 Å². The zero-order valence-electron chi connectivity index (χ0n) is 16.2. The van der Waals surface area contributed by atoms with Crippen molar-refractivity contribution >= 4 is 39.3 Å².